The second kappa shape index (κ2) is 8.08. The van der Waals surface area contributed by atoms with Gasteiger partial charge in [-0.15, -0.1) is 12.4 Å². The van der Waals surface area contributed by atoms with Gasteiger partial charge in [0.05, 0.1) is 17.7 Å². The van der Waals surface area contributed by atoms with Crippen LogP contribution in [0, 0.1) is 5.82 Å². The molecule has 1 aromatic rings. The number of carbonyl (C=O) groups is 1. The lowest BCUT2D eigenvalue weighted by atomic mass is 9.98. The number of hydrogen-bond donors (Lipinski definition) is 2. The van der Waals surface area contributed by atoms with Crippen LogP contribution in [0.4, 0.5) is 4.39 Å². The number of amides is 1. The zero-order valence-corrected chi connectivity index (χ0v) is 14.2. The summed E-state index contributed by atoms with van der Waals surface area (Å²) in [6, 6.07) is 4.48. The van der Waals surface area contributed by atoms with Gasteiger partial charge in [0.1, 0.15) is 5.82 Å². The lowest BCUT2D eigenvalue weighted by Gasteiger charge is -2.29. The van der Waals surface area contributed by atoms with Gasteiger partial charge in [-0.05, 0) is 47.4 Å². The average molecular weight is 382 g/mol. The van der Waals surface area contributed by atoms with Gasteiger partial charge in [-0.2, -0.15) is 0 Å². The number of nitrogens with one attached hydrogen (secondary N) is 2. The molecule has 1 saturated heterocycles. The minimum absolute atomic E-state index is 0. The molecular formula is C14H19BrClFN2O2. The first kappa shape index (κ1) is 18.4. The summed E-state index contributed by atoms with van der Waals surface area (Å²) in [4.78, 5) is 12.1. The minimum Gasteiger partial charge on any atom is -0.383 e. The molecule has 1 atom stereocenters. The molecule has 7 heteroatoms. The van der Waals surface area contributed by atoms with E-state index in [-0.39, 0.29) is 23.5 Å². The van der Waals surface area contributed by atoms with Gasteiger partial charge in [-0.25, -0.2) is 4.39 Å². The molecule has 21 heavy (non-hydrogen) atoms. The molecule has 1 aromatic carbocycles. The molecular weight excluding hydrogens is 363 g/mol. The molecule has 1 aliphatic rings. The highest BCUT2D eigenvalue weighted by molar-refractivity contribution is 9.10. The molecule has 0 spiro atoms. The zero-order chi connectivity index (χ0) is 14.6. The summed E-state index contributed by atoms with van der Waals surface area (Å²) in [5.74, 6) is -0.948. The molecule has 0 aliphatic carbocycles. The Kier molecular flexibility index (Phi) is 7.06. The van der Waals surface area contributed by atoms with Gasteiger partial charge in [0, 0.05) is 18.1 Å². The Hall–Kier alpha value is -0.690. The Balaban J connectivity index is 0.00000220. The highest BCUT2D eigenvalue weighted by atomic mass is 79.9. The van der Waals surface area contributed by atoms with Crippen LogP contribution in [-0.4, -0.2) is 38.3 Å². The van der Waals surface area contributed by atoms with Crippen LogP contribution in [0.2, 0.25) is 0 Å². The second-order valence-corrected chi connectivity index (χ2v) is 5.88. The Labute approximate surface area is 138 Å². The fourth-order valence-electron chi connectivity index (χ4n) is 2.52. The van der Waals surface area contributed by atoms with E-state index in [4.69, 9.17) is 4.74 Å². The van der Waals surface area contributed by atoms with Crippen LogP contribution in [0.1, 0.15) is 23.2 Å². The first-order chi connectivity index (χ1) is 9.58. The average Bonchev–Trinajstić information content (AvgIpc) is 2.86. The molecule has 2 N–H and O–H groups in total. The van der Waals surface area contributed by atoms with E-state index in [1.54, 1.807) is 19.2 Å². The fraction of sp³-hybridized carbons (Fsp3) is 0.500. The molecule has 1 unspecified atom stereocenters. The van der Waals surface area contributed by atoms with Crippen LogP contribution < -0.4 is 10.6 Å². The highest BCUT2D eigenvalue weighted by Crippen LogP contribution is 2.21. The number of ether oxygens (including phenoxy) is 1. The summed E-state index contributed by atoms with van der Waals surface area (Å²) < 4.78 is 19.4. The second-order valence-electron chi connectivity index (χ2n) is 5.02. The molecule has 0 bridgehead atoms. The van der Waals surface area contributed by atoms with E-state index in [0.29, 0.717) is 17.6 Å². The molecule has 2 rings (SSSR count). The molecule has 1 amide bonds. The van der Waals surface area contributed by atoms with Crippen LogP contribution in [0.5, 0.6) is 0 Å². The van der Waals surface area contributed by atoms with Crippen molar-refractivity contribution < 1.29 is 13.9 Å². The molecule has 1 aliphatic heterocycles. The van der Waals surface area contributed by atoms with Crippen molar-refractivity contribution in [1.29, 1.82) is 0 Å². The van der Waals surface area contributed by atoms with E-state index in [1.807, 2.05) is 0 Å². The predicted octanol–water partition coefficient (Wildman–Crippen LogP) is 2.51. The Morgan fingerprint density at radius 1 is 1.57 bits per heavy atom. The Bertz CT molecular complexity index is 476. The van der Waals surface area contributed by atoms with Gasteiger partial charge in [-0.1, -0.05) is 6.07 Å². The summed E-state index contributed by atoms with van der Waals surface area (Å²) in [5, 5.41) is 6.16. The van der Waals surface area contributed by atoms with Crippen molar-refractivity contribution in [1.82, 2.24) is 10.6 Å². The molecule has 1 heterocycles. The number of benzene rings is 1. The number of hydrogen-bond acceptors (Lipinski definition) is 3. The Morgan fingerprint density at radius 3 is 2.90 bits per heavy atom. The van der Waals surface area contributed by atoms with Crippen LogP contribution in [-0.2, 0) is 4.74 Å². The SMILES string of the molecule is COCC1(CNC(=O)c2c(F)cccc2Br)CCCN1.Cl. The van der Waals surface area contributed by atoms with Crippen molar-refractivity contribution in [2.24, 2.45) is 0 Å². The molecule has 4 nitrogen and oxygen atoms in total. The third-order valence-electron chi connectivity index (χ3n) is 3.53. The van der Waals surface area contributed by atoms with E-state index >= 15 is 0 Å². The normalized spacial score (nSPS) is 20.9. The number of methoxy groups -OCH3 is 1. The van der Waals surface area contributed by atoms with E-state index < -0.39 is 11.7 Å². The molecule has 0 aromatic heterocycles. The van der Waals surface area contributed by atoms with Gasteiger partial charge >= 0.3 is 0 Å². The van der Waals surface area contributed by atoms with Crippen molar-refractivity contribution in [2.45, 2.75) is 18.4 Å². The number of rotatable bonds is 5. The molecule has 118 valence electrons. The van der Waals surface area contributed by atoms with Crippen molar-refractivity contribution in [3.8, 4) is 0 Å². The van der Waals surface area contributed by atoms with Crippen LogP contribution >= 0.6 is 28.3 Å². The standard InChI is InChI=1S/C14H18BrFN2O2.ClH/c1-20-9-14(6-3-7-18-14)8-17-13(19)12-10(15)4-2-5-11(12)16;/h2,4-5,18H,3,6-9H2,1H3,(H,17,19);1H. The summed E-state index contributed by atoms with van der Waals surface area (Å²) in [7, 11) is 1.64. The Morgan fingerprint density at radius 2 is 2.33 bits per heavy atom. The summed E-state index contributed by atoms with van der Waals surface area (Å²) in [6.45, 7) is 1.84. The van der Waals surface area contributed by atoms with Crippen molar-refractivity contribution >= 4 is 34.2 Å². The van der Waals surface area contributed by atoms with E-state index in [1.165, 1.54) is 6.07 Å². The zero-order valence-electron chi connectivity index (χ0n) is 11.7. The first-order valence-corrected chi connectivity index (χ1v) is 7.33. The summed E-state index contributed by atoms with van der Waals surface area (Å²) in [6.07, 6.45) is 1.97. The van der Waals surface area contributed by atoms with Crippen molar-refractivity contribution in [3.63, 3.8) is 0 Å². The fourth-order valence-corrected chi connectivity index (χ4v) is 3.04. The predicted molar refractivity (Wildman–Crippen MR) is 85.5 cm³/mol. The van der Waals surface area contributed by atoms with Gasteiger partial charge in [0.25, 0.3) is 5.91 Å². The third kappa shape index (κ3) is 4.39. The van der Waals surface area contributed by atoms with Crippen LogP contribution in [0.3, 0.4) is 0 Å². The highest BCUT2D eigenvalue weighted by Gasteiger charge is 2.34. The number of carbonyl (C=O) groups excluding carboxylic acids is 1. The smallest absolute Gasteiger partial charge is 0.255 e. The van der Waals surface area contributed by atoms with Gasteiger partial charge in [0.15, 0.2) is 0 Å². The summed E-state index contributed by atoms with van der Waals surface area (Å²) >= 11 is 3.20. The van der Waals surface area contributed by atoms with Crippen molar-refractivity contribution in [3.05, 3.63) is 34.1 Å². The summed E-state index contributed by atoms with van der Waals surface area (Å²) in [5.41, 5.74) is -0.208. The maximum absolute atomic E-state index is 13.7. The first-order valence-electron chi connectivity index (χ1n) is 6.54. The molecule has 0 radical (unpaired) electrons. The van der Waals surface area contributed by atoms with Crippen LogP contribution in [0.25, 0.3) is 0 Å². The lowest BCUT2D eigenvalue weighted by molar-refractivity contribution is 0.0888. The van der Waals surface area contributed by atoms with Gasteiger partial charge in [-0.3, -0.25) is 4.79 Å². The maximum atomic E-state index is 13.7. The van der Waals surface area contributed by atoms with Gasteiger partial charge < -0.3 is 15.4 Å². The quantitative estimate of drug-likeness (QED) is 0.824. The van der Waals surface area contributed by atoms with Gasteiger partial charge in [0.2, 0.25) is 0 Å². The van der Waals surface area contributed by atoms with Crippen molar-refractivity contribution in [2.75, 3.05) is 26.8 Å². The van der Waals surface area contributed by atoms with E-state index in [2.05, 4.69) is 26.6 Å². The molecule has 0 saturated carbocycles. The van der Waals surface area contributed by atoms with E-state index in [9.17, 15) is 9.18 Å². The topological polar surface area (TPSA) is 50.4 Å². The maximum Gasteiger partial charge on any atom is 0.255 e. The van der Waals surface area contributed by atoms with Crippen LogP contribution in [0.15, 0.2) is 22.7 Å². The number of halogens is 3. The minimum atomic E-state index is -0.531. The van der Waals surface area contributed by atoms with E-state index in [0.717, 1.165) is 19.4 Å². The lowest BCUT2D eigenvalue weighted by Crippen LogP contribution is -2.53. The molecule has 1 fully saturated rings. The monoisotopic (exact) mass is 380 g/mol. The largest absolute Gasteiger partial charge is 0.383 e. The third-order valence-corrected chi connectivity index (χ3v) is 4.19.